The van der Waals surface area contributed by atoms with Crippen LogP contribution < -0.4 is 5.32 Å². The number of aliphatic imine (C=N–C) groups is 1. The van der Waals surface area contributed by atoms with Crippen LogP contribution in [0.2, 0.25) is 0 Å². The van der Waals surface area contributed by atoms with Crippen molar-refractivity contribution < 1.29 is 9.47 Å². The largest absolute Gasteiger partial charge is 0.385 e. The number of guanidine groups is 1. The summed E-state index contributed by atoms with van der Waals surface area (Å²) in [6.07, 6.45) is 9.03. The summed E-state index contributed by atoms with van der Waals surface area (Å²) in [5, 5.41) is 3.42. The van der Waals surface area contributed by atoms with Crippen LogP contribution in [-0.2, 0) is 16.0 Å². The monoisotopic (exact) mass is 451 g/mol. The van der Waals surface area contributed by atoms with Crippen molar-refractivity contribution in [2.75, 3.05) is 47.0 Å². The van der Waals surface area contributed by atoms with E-state index in [0.29, 0.717) is 6.10 Å². The first-order valence-corrected chi connectivity index (χ1v) is 8.35. The number of ether oxygens (including phenoxy) is 2. The second-order valence-corrected chi connectivity index (χ2v) is 5.68. The Kier molecular flexibility index (Phi) is 11.0. The highest BCUT2D eigenvalue weighted by molar-refractivity contribution is 14.0. The van der Waals surface area contributed by atoms with Gasteiger partial charge in [-0.15, -0.1) is 24.0 Å². The zero-order chi connectivity index (χ0) is 16.3. The van der Waals surface area contributed by atoms with Crippen LogP contribution in [0.3, 0.4) is 0 Å². The van der Waals surface area contributed by atoms with E-state index in [-0.39, 0.29) is 24.0 Å². The molecule has 8 heteroatoms. The smallest absolute Gasteiger partial charge is 0.193 e. The van der Waals surface area contributed by atoms with Gasteiger partial charge in [0.25, 0.3) is 0 Å². The minimum Gasteiger partial charge on any atom is -0.385 e. The van der Waals surface area contributed by atoms with Gasteiger partial charge in [-0.25, -0.2) is 4.98 Å². The molecule has 1 aliphatic rings. The average Bonchev–Trinajstić information content (AvgIpc) is 3.10. The number of imidazole rings is 1. The van der Waals surface area contributed by atoms with E-state index in [0.717, 1.165) is 64.6 Å². The fourth-order valence-corrected chi connectivity index (χ4v) is 2.74. The van der Waals surface area contributed by atoms with E-state index in [1.54, 1.807) is 13.3 Å². The Morgan fingerprint density at radius 2 is 2.12 bits per heavy atom. The molecule has 0 bridgehead atoms. The molecule has 138 valence electrons. The first-order chi connectivity index (χ1) is 11.3. The van der Waals surface area contributed by atoms with Gasteiger partial charge in [-0.1, -0.05) is 0 Å². The van der Waals surface area contributed by atoms with Gasteiger partial charge in [0.2, 0.25) is 0 Å². The van der Waals surface area contributed by atoms with Crippen LogP contribution in [-0.4, -0.2) is 73.5 Å². The number of hydrogen-bond donors (Lipinski definition) is 1. The normalized spacial score (nSPS) is 16.1. The zero-order valence-corrected chi connectivity index (χ0v) is 17.0. The number of methoxy groups -OCH3 is 1. The van der Waals surface area contributed by atoms with Crippen molar-refractivity contribution in [3.63, 3.8) is 0 Å². The maximum absolute atomic E-state index is 5.90. The highest BCUT2D eigenvalue weighted by Crippen LogP contribution is 2.14. The predicted molar refractivity (Wildman–Crippen MR) is 106 cm³/mol. The molecule has 2 rings (SSSR count). The minimum atomic E-state index is 0. The molecule has 0 amide bonds. The highest BCUT2D eigenvalue weighted by Gasteiger charge is 2.21. The maximum atomic E-state index is 5.90. The first kappa shape index (κ1) is 21.2. The van der Waals surface area contributed by atoms with E-state index < -0.39 is 0 Å². The molecule has 0 atom stereocenters. The quantitative estimate of drug-likeness (QED) is 0.282. The number of nitrogens with zero attached hydrogens (tertiary/aromatic N) is 4. The summed E-state index contributed by atoms with van der Waals surface area (Å²) < 4.78 is 13.0. The van der Waals surface area contributed by atoms with E-state index in [1.165, 1.54) is 0 Å². The zero-order valence-electron chi connectivity index (χ0n) is 14.7. The first-order valence-electron chi connectivity index (χ1n) is 8.35. The molecule has 1 aromatic rings. The molecule has 0 spiro atoms. The second-order valence-electron chi connectivity index (χ2n) is 5.68. The standard InChI is InChI=1S/C16H29N5O2.HI/c1-17-16(19-7-11-20-10-6-18-14-20)21-8-4-15(5-9-21)23-13-3-12-22-2;/h6,10,14-15H,3-5,7-9,11-13H2,1-2H3,(H,17,19);1H. The number of nitrogens with one attached hydrogen (secondary N) is 1. The van der Waals surface area contributed by atoms with E-state index in [1.807, 2.05) is 19.6 Å². The summed E-state index contributed by atoms with van der Waals surface area (Å²) in [5.74, 6) is 0.975. The van der Waals surface area contributed by atoms with Crippen molar-refractivity contribution in [3.05, 3.63) is 18.7 Å². The second kappa shape index (κ2) is 12.5. The van der Waals surface area contributed by atoms with Gasteiger partial charge >= 0.3 is 0 Å². The predicted octanol–water partition coefficient (Wildman–Crippen LogP) is 1.59. The lowest BCUT2D eigenvalue weighted by molar-refractivity contribution is 0.00991. The van der Waals surface area contributed by atoms with Gasteiger partial charge in [-0.3, -0.25) is 4.99 Å². The lowest BCUT2D eigenvalue weighted by Gasteiger charge is -2.34. The summed E-state index contributed by atoms with van der Waals surface area (Å²) in [7, 11) is 3.57. The number of piperidine rings is 1. The van der Waals surface area contributed by atoms with Gasteiger partial charge in [0.1, 0.15) is 0 Å². The molecule has 0 aromatic carbocycles. The average molecular weight is 451 g/mol. The highest BCUT2D eigenvalue weighted by atomic mass is 127. The molecule has 1 N–H and O–H groups in total. The van der Waals surface area contributed by atoms with E-state index in [2.05, 4.69) is 24.8 Å². The van der Waals surface area contributed by atoms with E-state index >= 15 is 0 Å². The Morgan fingerprint density at radius 1 is 1.33 bits per heavy atom. The number of likely N-dealkylation sites (tertiary alicyclic amines) is 1. The minimum absolute atomic E-state index is 0. The van der Waals surface area contributed by atoms with Crippen molar-refractivity contribution in [2.24, 2.45) is 4.99 Å². The van der Waals surface area contributed by atoms with Crippen LogP contribution in [0.15, 0.2) is 23.7 Å². The summed E-state index contributed by atoms with van der Waals surface area (Å²) in [4.78, 5) is 10.7. The van der Waals surface area contributed by atoms with Crippen LogP contribution >= 0.6 is 24.0 Å². The van der Waals surface area contributed by atoms with Crippen molar-refractivity contribution in [3.8, 4) is 0 Å². The SMILES string of the molecule is CN=C(NCCn1ccnc1)N1CCC(OCCCOC)CC1.I. The third-order valence-electron chi connectivity index (χ3n) is 4.01. The lowest BCUT2D eigenvalue weighted by Crippen LogP contribution is -2.47. The number of rotatable bonds is 8. The molecule has 7 nitrogen and oxygen atoms in total. The Morgan fingerprint density at radius 3 is 2.75 bits per heavy atom. The summed E-state index contributed by atoms with van der Waals surface area (Å²) in [6, 6.07) is 0. The van der Waals surface area contributed by atoms with Gasteiger partial charge in [0.15, 0.2) is 5.96 Å². The Bertz CT molecular complexity index is 447. The van der Waals surface area contributed by atoms with Crippen molar-refractivity contribution in [1.82, 2.24) is 19.8 Å². The van der Waals surface area contributed by atoms with Gasteiger partial charge in [0, 0.05) is 65.9 Å². The Hall–Kier alpha value is -0.870. The maximum Gasteiger partial charge on any atom is 0.193 e. The van der Waals surface area contributed by atoms with Crippen LogP contribution in [0.1, 0.15) is 19.3 Å². The van der Waals surface area contributed by atoms with Gasteiger partial charge in [-0.05, 0) is 19.3 Å². The van der Waals surface area contributed by atoms with Crippen LogP contribution in [0.4, 0.5) is 0 Å². The number of hydrogen-bond acceptors (Lipinski definition) is 4. The molecule has 1 fully saturated rings. The van der Waals surface area contributed by atoms with Gasteiger partial charge in [0.05, 0.1) is 12.4 Å². The molecule has 0 radical (unpaired) electrons. The van der Waals surface area contributed by atoms with Gasteiger partial charge < -0.3 is 24.3 Å². The Labute approximate surface area is 161 Å². The molecule has 0 aliphatic carbocycles. The third kappa shape index (κ3) is 7.35. The molecular formula is C16H30IN5O2. The molecule has 2 heterocycles. The number of halogens is 1. The molecule has 0 saturated carbocycles. The summed E-state index contributed by atoms with van der Waals surface area (Å²) in [5.41, 5.74) is 0. The van der Waals surface area contributed by atoms with Crippen LogP contribution in [0.5, 0.6) is 0 Å². The fourth-order valence-electron chi connectivity index (χ4n) is 2.74. The molecule has 1 saturated heterocycles. The molecular weight excluding hydrogens is 421 g/mol. The summed E-state index contributed by atoms with van der Waals surface area (Å²) >= 11 is 0. The van der Waals surface area contributed by atoms with Crippen LogP contribution in [0.25, 0.3) is 0 Å². The van der Waals surface area contributed by atoms with E-state index in [9.17, 15) is 0 Å². The van der Waals surface area contributed by atoms with E-state index in [4.69, 9.17) is 9.47 Å². The van der Waals surface area contributed by atoms with Gasteiger partial charge in [-0.2, -0.15) is 0 Å². The Balaban J connectivity index is 0.00000288. The number of aromatic nitrogens is 2. The molecule has 1 aliphatic heterocycles. The molecule has 24 heavy (non-hydrogen) atoms. The van der Waals surface area contributed by atoms with Crippen molar-refractivity contribution in [1.29, 1.82) is 0 Å². The lowest BCUT2D eigenvalue weighted by atomic mass is 10.1. The fraction of sp³-hybridized carbons (Fsp3) is 0.750. The topological polar surface area (TPSA) is 63.9 Å². The molecule has 0 unspecified atom stereocenters. The van der Waals surface area contributed by atoms with Crippen molar-refractivity contribution >= 4 is 29.9 Å². The summed E-state index contributed by atoms with van der Waals surface area (Å²) in [6.45, 7) is 5.26. The molecule has 1 aromatic heterocycles. The van der Waals surface area contributed by atoms with Crippen LogP contribution in [0, 0.1) is 0 Å². The van der Waals surface area contributed by atoms with Crippen molar-refractivity contribution in [2.45, 2.75) is 31.9 Å². The third-order valence-corrected chi connectivity index (χ3v) is 4.01.